The van der Waals surface area contributed by atoms with Crippen LogP contribution in [0.15, 0.2) is 0 Å². The summed E-state index contributed by atoms with van der Waals surface area (Å²) in [7, 11) is -1.60. The van der Waals surface area contributed by atoms with E-state index in [1.165, 1.54) is 6.42 Å². The van der Waals surface area contributed by atoms with E-state index in [0.717, 1.165) is 32.1 Å². The second-order valence-corrected chi connectivity index (χ2v) is 9.02. The summed E-state index contributed by atoms with van der Waals surface area (Å²) in [5, 5.41) is 0. The zero-order valence-electron chi connectivity index (χ0n) is 13.0. The molecule has 2 fully saturated rings. The Morgan fingerprint density at radius 1 is 1.15 bits per heavy atom. The molecule has 2 N–H and O–H groups in total. The molecule has 0 radical (unpaired) electrons. The second-order valence-electron chi connectivity index (χ2n) is 7.03. The number of nitrogens with zero attached hydrogens (tertiary/aromatic N) is 2. The summed E-state index contributed by atoms with van der Waals surface area (Å²) in [5.74, 6) is 0. The van der Waals surface area contributed by atoms with Crippen molar-refractivity contribution >= 4 is 10.2 Å². The lowest BCUT2D eigenvalue weighted by atomic mass is 9.81. The predicted octanol–water partition coefficient (Wildman–Crippen LogP) is 1.55. The lowest BCUT2D eigenvalue weighted by molar-refractivity contribution is 0.145. The van der Waals surface area contributed by atoms with Crippen molar-refractivity contribution in [2.45, 2.75) is 64.5 Å². The fourth-order valence-electron chi connectivity index (χ4n) is 3.34. The van der Waals surface area contributed by atoms with E-state index in [9.17, 15) is 8.42 Å². The van der Waals surface area contributed by atoms with Crippen LogP contribution in [0.1, 0.15) is 52.4 Å². The van der Waals surface area contributed by atoms with E-state index in [1.807, 2.05) is 0 Å². The molecule has 20 heavy (non-hydrogen) atoms. The molecule has 5 nitrogen and oxygen atoms in total. The summed E-state index contributed by atoms with van der Waals surface area (Å²) >= 11 is 0. The minimum atomic E-state index is -3.35. The average Bonchev–Trinajstić information content (AvgIpc) is 2.41. The van der Waals surface area contributed by atoms with Gasteiger partial charge in [0, 0.05) is 32.2 Å². The molecule has 6 heteroatoms. The van der Waals surface area contributed by atoms with E-state index < -0.39 is 10.2 Å². The molecule has 0 aromatic heterocycles. The Kier molecular flexibility index (Phi) is 4.79. The molecule has 1 atom stereocenters. The van der Waals surface area contributed by atoms with Crippen LogP contribution in [0, 0.1) is 5.41 Å². The Morgan fingerprint density at radius 2 is 1.75 bits per heavy atom. The summed E-state index contributed by atoms with van der Waals surface area (Å²) in [6, 6.07) is 0.251. The van der Waals surface area contributed by atoms with Crippen molar-refractivity contribution in [3.63, 3.8) is 0 Å². The minimum absolute atomic E-state index is 0.0777. The lowest BCUT2D eigenvalue weighted by Crippen LogP contribution is -2.57. The van der Waals surface area contributed by atoms with Gasteiger partial charge in [0.25, 0.3) is 10.2 Å². The highest BCUT2D eigenvalue weighted by atomic mass is 32.2. The molecule has 1 saturated carbocycles. The van der Waals surface area contributed by atoms with E-state index in [2.05, 4.69) is 13.8 Å². The van der Waals surface area contributed by atoms with E-state index in [4.69, 9.17) is 5.73 Å². The molecular formula is C14H29N3O2S. The van der Waals surface area contributed by atoms with Gasteiger partial charge >= 0.3 is 0 Å². The standard InChI is InChI=1S/C14H29N3O2S/c1-14(2)11-17(10-9-13(14)15)20(18,19)16(3)12-7-5-4-6-8-12/h12-13H,4-11,15H2,1-3H3. The maximum atomic E-state index is 12.8. The van der Waals surface area contributed by atoms with Gasteiger partial charge < -0.3 is 5.73 Å². The average molecular weight is 303 g/mol. The first-order valence-corrected chi connectivity index (χ1v) is 9.13. The van der Waals surface area contributed by atoms with Crippen LogP contribution in [-0.4, -0.2) is 49.2 Å². The van der Waals surface area contributed by atoms with Gasteiger partial charge in [0.15, 0.2) is 0 Å². The number of nitrogens with two attached hydrogens (primary N) is 1. The summed E-state index contributed by atoms with van der Waals surface area (Å²) < 4.78 is 28.8. The monoisotopic (exact) mass is 303 g/mol. The fourth-order valence-corrected chi connectivity index (χ4v) is 5.12. The van der Waals surface area contributed by atoms with Crippen LogP contribution < -0.4 is 5.73 Å². The number of rotatable bonds is 3. The molecule has 0 spiro atoms. The van der Waals surface area contributed by atoms with E-state index in [0.29, 0.717) is 13.1 Å². The van der Waals surface area contributed by atoms with E-state index in [-0.39, 0.29) is 17.5 Å². The zero-order chi connectivity index (χ0) is 15.0. The SMILES string of the molecule is CN(C1CCCCC1)S(=O)(=O)N1CCC(N)C(C)(C)C1. The van der Waals surface area contributed by atoms with Crippen LogP contribution in [0.4, 0.5) is 0 Å². The Hall–Kier alpha value is -0.170. The highest BCUT2D eigenvalue weighted by molar-refractivity contribution is 7.86. The van der Waals surface area contributed by atoms with Gasteiger partial charge in [-0.25, -0.2) is 0 Å². The first-order valence-electron chi connectivity index (χ1n) is 7.74. The first kappa shape index (κ1) is 16.2. The highest BCUT2D eigenvalue weighted by Gasteiger charge is 2.41. The highest BCUT2D eigenvalue weighted by Crippen LogP contribution is 2.31. The largest absolute Gasteiger partial charge is 0.327 e. The van der Waals surface area contributed by atoms with Crippen molar-refractivity contribution in [2.24, 2.45) is 11.1 Å². The van der Waals surface area contributed by atoms with Crippen molar-refractivity contribution in [1.82, 2.24) is 8.61 Å². The van der Waals surface area contributed by atoms with Crippen molar-refractivity contribution in [3.05, 3.63) is 0 Å². The van der Waals surface area contributed by atoms with Crippen LogP contribution in [0.25, 0.3) is 0 Å². The molecule has 2 aliphatic rings. The Morgan fingerprint density at radius 3 is 2.30 bits per heavy atom. The fraction of sp³-hybridized carbons (Fsp3) is 1.00. The molecule has 2 rings (SSSR count). The number of piperidine rings is 1. The molecule has 1 aliphatic carbocycles. The van der Waals surface area contributed by atoms with Gasteiger partial charge in [-0.3, -0.25) is 0 Å². The van der Waals surface area contributed by atoms with Gasteiger partial charge in [-0.1, -0.05) is 33.1 Å². The molecule has 1 unspecified atom stereocenters. The molecule has 0 aromatic carbocycles. The molecule has 1 aliphatic heterocycles. The van der Waals surface area contributed by atoms with E-state index >= 15 is 0 Å². The molecule has 1 saturated heterocycles. The summed E-state index contributed by atoms with van der Waals surface area (Å²) in [4.78, 5) is 0. The number of hydrogen-bond acceptors (Lipinski definition) is 3. The van der Waals surface area contributed by atoms with Crippen molar-refractivity contribution in [2.75, 3.05) is 20.1 Å². The van der Waals surface area contributed by atoms with Crippen LogP contribution in [0.5, 0.6) is 0 Å². The predicted molar refractivity (Wildman–Crippen MR) is 81.5 cm³/mol. The van der Waals surface area contributed by atoms with Gasteiger partial charge in [-0.05, 0) is 24.7 Å². The van der Waals surface area contributed by atoms with Crippen LogP contribution >= 0.6 is 0 Å². The first-order chi connectivity index (χ1) is 9.25. The smallest absolute Gasteiger partial charge is 0.281 e. The summed E-state index contributed by atoms with van der Waals surface area (Å²) in [6.45, 7) is 5.18. The van der Waals surface area contributed by atoms with Crippen molar-refractivity contribution in [3.8, 4) is 0 Å². The van der Waals surface area contributed by atoms with Crippen LogP contribution in [0.2, 0.25) is 0 Å². The van der Waals surface area contributed by atoms with Gasteiger partial charge in [0.1, 0.15) is 0 Å². The normalized spacial score (nSPS) is 29.8. The minimum Gasteiger partial charge on any atom is -0.327 e. The summed E-state index contributed by atoms with van der Waals surface area (Å²) in [5.41, 5.74) is 5.95. The maximum absolute atomic E-state index is 12.8. The molecule has 1 heterocycles. The molecule has 0 bridgehead atoms. The molecule has 0 aromatic rings. The lowest BCUT2D eigenvalue weighted by Gasteiger charge is -2.44. The summed E-state index contributed by atoms with van der Waals surface area (Å²) in [6.07, 6.45) is 6.24. The maximum Gasteiger partial charge on any atom is 0.281 e. The van der Waals surface area contributed by atoms with Gasteiger partial charge in [0.2, 0.25) is 0 Å². The van der Waals surface area contributed by atoms with Gasteiger partial charge in [0.05, 0.1) is 0 Å². The number of hydrogen-bond donors (Lipinski definition) is 1. The Balaban J connectivity index is 2.09. The third kappa shape index (κ3) is 3.18. The topological polar surface area (TPSA) is 66.6 Å². The second kappa shape index (κ2) is 5.91. The third-order valence-electron chi connectivity index (χ3n) is 5.06. The molecule has 0 amide bonds. The Bertz CT molecular complexity index is 430. The third-order valence-corrected chi connectivity index (χ3v) is 7.05. The Labute approximate surface area is 123 Å². The van der Waals surface area contributed by atoms with Crippen LogP contribution in [0.3, 0.4) is 0 Å². The van der Waals surface area contributed by atoms with Gasteiger partial charge in [-0.2, -0.15) is 17.0 Å². The van der Waals surface area contributed by atoms with Crippen molar-refractivity contribution in [1.29, 1.82) is 0 Å². The quantitative estimate of drug-likeness (QED) is 0.860. The van der Waals surface area contributed by atoms with Crippen molar-refractivity contribution < 1.29 is 8.42 Å². The van der Waals surface area contributed by atoms with E-state index in [1.54, 1.807) is 15.7 Å². The molecule has 118 valence electrons. The van der Waals surface area contributed by atoms with Gasteiger partial charge in [-0.15, -0.1) is 0 Å². The van der Waals surface area contributed by atoms with Crippen LogP contribution in [-0.2, 0) is 10.2 Å². The molecular weight excluding hydrogens is 274 g/mol. The zero-order valence-corrected chi connectivity index (χ0v) is 13.8.